The Morgan fingerprint density at radius 2 is 2.00 bits per heavy atom. The van der Waals surface area contributed by atoms with Crippen LogP contribution in [0.1, 0.15) is 18.4 Å². The maximum absolute atomic E-state index is 12.5. The molecule has 2 heterocycles. The predicted molar refractivity (Wildman–Crippen MR) is 96.3 cm³/mol. The van der Waals surface area contributed by atoms with Crippen molar-refractivity contribution in [2.24, 2.45) is 15.7 Å². The van der Waals surface area contributed by atoms with E-state index in [0.717, 1.165) is 25.9 Å². The fraction of sp³-hybridized carbons (Fsp3) is 0.389. The molecule has 6 heteroatoms. The lowest BCUT2D eigenvalue weighted by Crippen LogP contribution is -2.50. The molecule has 0 radical (unpaired) electrons. The molecular weight excluding hydrogens is 302 g/mol. The van der Waals surface area contributed by atoms with Crippen molar-refractivity contribution in [3.63, 3.8) is 0 Å². The number of aliphatic imine (C=N–C) groups is 2. The Kier molecular flexibility index (Phi) is 5.05. The Hall–Kier alpha value is -2.47. The van der Waals surface area contributed by atoms with Crippen molar-refractivity contribution in [1.82, 2.24) is 10.6 Å². The van der Waals surface area contributed by atoms with Crippen molar-refractivity contribution in [3.8, 4) is 0 Å². The van der Waals surface area contributed by atoms with E-state index in [1.807, 2.05) is 18.2 Å². The molecule has 0 aliphatic carbocycles. The third kappa shape index (κ3) is 3.54. The van der Waals surface area contributed by atoms with Gasteiger partial charge in [-0.25, -0.2) is 4.99 Å². The number of carbonyl (C=O) groups excluding carboxylic acids is 1. The van der Waals surface area contributed by atoms with Crippen LogP contribution in [-0.2, 0) is 10.2 Å². The van der Waals surface area contributed by atoms with Crippen molar-refractivity contribution in [3.05, 3.63) is 48.2 Å². The summed E-state index contributed by atoms with van der Waals surface area (Å²) < 4.78 is 0. The summed E-state index contributed by atoms with van der Waals surface area (Å²) in [6.07, 6.45) is 5.31. The fourth-order valence-corrected chi connectivity index (χ4v) is 3.25. The number of rotatable bonds is 4. The molecule has 126 valence electrons. The topological polar surface area (TPSA) is 91.9 Å². The number of hydrogen-bond acceptors (Lipinski definition) is 5. The molecule has 2 aliphatic heterocycles. The number of carbonyl (C=O) groups is 1. The Labute approximate surface area is 142 Å². The van der Waals surface area contributed by atoms with E-state index < -0.39 is 0 Å². The average molecular weight is 325 g/mol. The number of amides is 1. The maximum atomic E-state index is 12.5. The van der Waals surface area contributed by atoms with Crippen molar-refractivity contribution in [2.75, 3.05) is 26.2 Å². The van der Waals surface area contributed by atoms with E-state index >= 15 is 0 Å². The predicted octanol–water partition coefficient (Wildman–Crippen LogP) is 0.750. The molecule has 0 saturated carbocycles. The largest absolute Gasteiger partial charge is 0.382 e. The van der Waals surface area contributed by atoms with Gasteiger partial charge in [-0.3, -0.25) is 9.79 Å². The minimum Gasteiger partial charge on any atom is -0.382 e. The van der Waals surface area contributed by atoms with E-state index in [2.05, 4.69) is 32.8 Å². The first kappa shape index (κ1) is 16.4. The van der Waals surface area contributed by atoms with Crippen LogP contribution < -0.4 is 16.4 Å². The van der Waals surface area contributed by atoms with Gasteiger partial charge in [-0.1, -0.05) is 30.3 Å². The van der Waals surface area contributed by atoms with Crippen LogP contribution in [0.5, 0.6) is 0 Å². The number of nitrogens with two attached hydrogens (primary N) is 1. The minimum absolute atomic E-state index is 0.0579. The maximum Gasteiger partial charge on any atom is 0.273 e. The van der Waals surface area contributed by atoms with Crippen molar-refractivity contribution < 1.29 is 4.79 Å². The summed E-state index contributed by atoms with van der Waals surface area (Å²) in [4.78, 5) is 20.8. The summed E-state index contributed by atoms with van der Waals surface area (Å²) in [5, 5.41) is 6.43. The van der Waals surface area contributed by atoms with E-state index in [-0.39, 0.29) is 22.9 Å². The molecule has 0 spiro atoms. The molecule has 0 aromatic heterocycles. The molecule has 1 aromatic rings. The Bertz CT molecular complexity index is 672. The molecule has 3 rings (SSSR count). The zero-order chi connectivity index (χ0) is 16.8. The Balaban J connectivity index is 1.75. The number of nitrogens with one attached hydrogen (secondary N) is 2. The zero-order valence-electron chi connectivity index (χ0n) is 13.7. The fourth-order valence-electron chi connectivity index (χ4n) is 3.25. The summed E-state index contributed by atoms with van der Waals surface area (Å²) in [6.45, 7) is 2.87. The van der Waals surface area contributed by atoms with Crippen molar-refractivity contribution in [2.45, 2.75) is 18.3 Å². The van der Waals surface area contributed by atoms with Gasteiger partial charge >= 0.3 is 0 Å². The highest BCUT2D eigenvalue weighted by Crippen LogP contribution is 2.32. The first-order valence-electron chi connectivity index (χ1n) is 8.29. The Morgan fingerprint density at radius 1 is 1.25 bits per heavy atom. The van der Waals surface area contributed by atoms with Gasteiger partial charge in [0, 0.05) is 18.2 Å². The molecule has 1 saturated heterocycles. The van der Waals surface area contributed by atoms with Crippen LogP contribution in [0.15, 0.2) is 52.6 Å². The lowest BCUT2D eigenvalue weighted by molar-refractivity contribution is -0.115. The van der Waals surface area contributed by atoms with Gasteiger partial charge in [0.25, 0.3) is 5.91 Å². The zero-order valence-corrected chi connectivity index (χ0v) is 13.7. The first-order chi connectivity index (χ1) is 11.7. The van der Waals surface area contributed by atoms with Gasteiger partial charge in [0.15, 0.2) is 11.5 Å². The SMILES string of the molecule is NC1=NC=CCN=C1C(=O)NCC1(c2ccccc2)CCNCC1. The normalized spacial score (nSPS) is 19.8. The minimum atomic E-state index is -0.256. The molecule has 0 bridgehead atoms. The molecule has 4 N–H and O–H groups in total. The number of amidine groups is 1. The third-order valence-electron chi connectivity index (χ3n) is 4.67. The van der Waals surface area contributed by atoms with Crippen molar-refractivity contribution in [1.29, 1.82) is 0 Å². The molecule has 1 fully saturated rings. The highest BCUT2D eigenvalue weighted by atomic mass is 16.1. The molecule has 0 unspecified atom stereocenters. The second-order valence-electron chi connectivity index (χ2n) is 6.17. The number of benzene rings is 1. The number of piperidine rings is 1. The smallest absolute Gasteiger partial charge is 0.273 e. The first-order valence-corrected chi connectivity index (χ1v) is 8.29. The van der Waals surface area contributed by atoms with Crippen LogP contribution in [0.25, 0.3) is 0 Å². The molecule has 1 amide bonds. The van der Waals surface area contributed by atoms with Gasteiger partial charge in [0.1, 0.15) is 0 Å². The van der Waals surface area contributed by atoms with Gasteiger partial charge in [-0.2, -0.15) is 0 Å². The van der Waals surface area contributed by atoms with Gasteiger partial charge in [0.2, 0.25) is 0 Å². The summed E-state index contributed by atoms with van der Waals surface area (Å²) in [5.74, 6) is -0.0888. The molecule has 1 aromatic carbocycles. The summed E-state index contributed by atoms with van der Waals surface area (Å²) in [6, 6.07) is 10.4. The molecule has 6 nitrogen and oxygen atoms in total. The van der Waals surface area contributed by atoms with Crippen LogP contribution in [0.2, 0.25) is 0 Å². The van der Waals surface area contributed by atoms with E-state index in [0.29, 0.717) is 13.1 Å². The molecule has 0 atom stereocenters. The molecular formula is C18H23N5O. The average Bonchev–Trinajstić information content (AvgIpc) is 2.86. The van der Waals surface area contributed by atoms with Crippen LogP contribution in [0.4, 0.5) is 0 Å². The summed E-state index contributed by atoms with van der Waals surface area (Å²) in [5.41, 5.74) is 7.25. The van der Waals surface area contributed by atoms with E-state index in [1.54, 1.807) is 12.3 Å². The van der Waals surface area contributed by atoms with Crippen LogP contribution >= 0.6 is 0 Å². The second kappa shape index (κ2) is 7.40. The monoisotopic (exact) mass is 325 g/mol. The van der Waals surface area contributed by atoms with Crippen LogP contribution in [-0.4, -0.2) is 43.6 Å². The number of hydrogen-bond donors (Lipinski definition) is 3. The van der Waals surface area contributed by atoms with E-state index in [4.69, 9.17) is 5.73 Å². The Morgan fingerprint density at radius 3 is 2.75 bits per heavy atom. The van der Waals surface area contributed by atoms with Gasteiger partial charge < -0.3 is 16.4 Å². The third-order valence-corrected chi connectivity index (χ3v) is 4.67. The van der Waals surface area contributed by atoms with Gasteiger partial charge in [0.05, 0.1) is 6.54 Å². The second-order valence-corrected chi connectivity index (χ2v) is 6.17. The van der Waals surface area contributed by atoms with Crippen LogP contribution in [0.3, 0.4) is 0 Å². The highest BCUT2D eigenvalue weighted by Gasteiger charge is 2.34. The van der Waals surface area contributed by atoms with Gasteiger partial charge in [-0.05, 0) is 37.6 Å². The van der Waals surface area contributed by atoms with Crippen molar-refractivity contribution >= 4 is 17.5 Å². The number of nitrogens with zero attached hydrogens (tertiary/aromatic N) is 2. The van der Waals surface area contributed by atoms with Crippen LogP contribution in [0, 0.1) is 0 Å². The van der Waals surface area contributed by atoms with Gasteiger partial charge in [-0.15, -0.1) is 0 Å². The van der Waals surface area contributed by atoms with E-state index in [9.17, 15) is 4.79 Å². The lowest BCUT2D eigenvalue weighted by atomic mass is 9.73. The lowest BCUT2D eigenvalue weighted by Gasteiger charge is -2.38. The summed E-state index contributed by atoms with van der Waals surface area (Å²) in [7, 11) is 0. The highest BCUT2D eigenvalue weighted by molar-refractivity contribution is 6.66. The standard InChI is InChI=1S/C18H23N5O/c19-16-15(21-9-4-10-22-16)17(24)23-13-18(7-11-20-12-8-18)14-5-2-1-3-6-14/h1-6,10,20H,7-9,11-13H2,(H2,19,22)(H,23,24). The molecule has 24 heavy (non-hydrogen) atoms. The quantitative estimate of drug-likeness (QED) is 0.763. The summed E-state index contributed by atoms with van der Waals surface area (Å²) >= 11 is 0. The molecule has 2 aliphatic rings. The van der Waals surface area contributed by atoms with E-state index in [1.165, 1.54) is 5.56 Å².